The van der Waals surface area contributed by atoms with Crippen LogP contribution in [0.2, 0.25) is 0 Å². The minimum atomic E-state index is -3.20. The number of nitrogens with two attached hydrogens (primary N) is 1. The van der Waals surface area contributed by atoms with Gasteiger partial charge >= 0.3 is 0 Å². The summed E-state index contributed by atoms with van der Waals surface area (Å²) in [5.74, 6) is 0.273. The summed E-state index contributed by atoms with van der Waals surface area (Å²) in [6.07, 6.45) is 4.98. The molecule has 0 aliphatic heterocycles. The van der Waals surface area contributed by atoms with Crippen LogP contribution >= 0.6 is 0 Å². The van der Waals surface area contributed by atoms with Crippen molar-refractivity contribution in [2.75, 3.05) is 6.26 Å². The minimum Gasteiger partial charge on any atom is -0.368 e. The van der Waals surface area contributed by atoms with E-state index in [2.05, 4.69) is 4.98 Å². The molecule has 0 bridgehead atoms. The van der Waals surface area contributed by atoms with Crippen molar-refractivity contribution in [3.63, 3.8) is 0 Å². The Morgan fingerprint density at radius 1 is 1.33 bits per heavy atom. The van der Waals surface area contributed by atoms with E-state index >= 15 is 0 Å². The van der Waals surface area contributed by atoms with Crippen LogP contribution in [0.3, 0.4) is 0 Å². The molecule has 0 radical (unpaired) electrons. The number of benzene rings is 1. The Bertz CT molecular complexity index is 748. The van der Waals surface area contributed by atoms with E-state index in [-0.39, 0.29) is 4.90 Å². The topological polar surface area (TPSA) is 95.1 Å². The number of rotatable bonds is 5. The number of nitrogens with zero attached hydrogens (tertiary/aromatic N) is 2. The molecule has 0 fully saturated rings. The molecule has 0 aliphatic rings. The number of sulfone groups is 1. The summed E-state index contributed by atoms with van der Waals surface area (Å²) >= 11 is 0. The highest BCUT2D eigenvalue weighted by Gasteiger charge is 2.15. The Labute approximate surface area is 123 Å². The van der Waals surface area contributed by atoms with Crippen LogP contribution in [0.5, 0.6) is 0 Å². The monoisotopic (exact) mass is 307 g/mol. The van der Waals surface area contributed by atoms with Crippen molar-refractivity contribution in [1.29, 1.82) is 0 Å². The van der Waals surface area contributed by atoms with Gasteiger partial charge in [-0.15, -0.1) is 0 Å². The third-order valence-corrected chi connectivity index (χ3v) is 4.42. The average Bonchev–Trinajstić information content (AvgIpc) is 2.85. The van der Waals surface area contributed by atoms with Crippen molar-refractivity contribution in [1.82, 2.24) is 9.55 Å². The van der Waals surface area contributed by atoms with E-state index < -0.39 is 21.8 Å². The smallest absolute Gasteiger partial charge is 0.240 e. The highest BCUT2D eigenvalue weighted by molar-refractivity contribution is 7.90. The van der Waals surface area contributed by atoms with Crippen LogP contribution in [0.1, 0.15) is 24.4 Å². The van der Waals surface area contributed by atoms with Crippen LogP contribution in [0.4, 0.5) is 0 Å². The number of primary amides is 1. The molecule has 1 amide bonds. The third kappa shape index (κ3) is 3.49. The molecule has 2 aromatic rings. The molecule has 1 heterocycles. The van der Waals surface area contributed by atoms with E-state index in [0.717, 1.165) is 5.56 Å². The number of hydrogen-bond acceptors (Lipinski definition) is 4. The Hall–Kier alpha value is -2.15. The fourth-order valence-corrected chi connectivity index (χ4v) is 2.64. The maximum atomic E-state index is 11.4. The fraction of sp³-hybridized carbons (Fsp3) is 0.286. The normalized spacial score (nSPS) is 13.0. The van der Waals surface area contributed by atoms with Crippen molar-refractivity contribution >= 4 is 15.7 Å². The van der Waals surface area contributed by atoms with Gasteiger partial charge in [0, 0.05) is 25.1 Å². The molecule has 2 rings (SSSR count). The molecule has 112 valence electrons. The molecule has 2 N–H and O–H groups in total. The largest absolute Gasteiger partial charge is 0.368 e. The van der Waals surface area contributed by atoms with E-state index in [0.29, 0.717) is 12.2 Å². The fourth-order valence-electron chi connectivity index (χ4n) is 2.01. The molecule has 0 saturated carbocycles. The zero-order valence-electron chi connectivity index (χ0n) is 11.9. The first-order chi connectivity index (χ1) is 9.79. The van der Waals surface area contributed by atoms with Gasteiger partial charge in [0.1, 0.15) is 11.9 Å². The van der Waals surface area contributed by atoms with Gasteiger partial charge in [-0.3, -0.25) is 4.79 Å². The second-order valence-corrected chi connectivity index (χ2v) is 6.94. The lowest BCUT2D eigenvalue weighted by Gasteiger charge is -2.13. The van der Waals surface area contributed by atoms with Crippen molar-refractivity contribution < 1.29 is 13.2 Å². The Morgan fingerprint density at radius 2 is 1.95 bits per heavy atom. The van der Waals surface area contributed by atoms with E-state index in [1.54, 1.807) is 48.1 Å². The van der Waals surface area contributed by atoms with Gasteiger partial charge in [0.2, 0.25) is 5.91 Å². The van der Waals surface area contributed by atoms with Gasteiger partial charge < -0.3 is 10.3 Å². The number of hydrogen-bond donors (Lipinski definition) is 1. The summed E-state index contributed by atoms with van der Waals surface area (Å²) in [4.78, 5) is 15.8. The predicted octanol–water partition coefficient (Wildman–Crippen LogP) is 0.924. The van der Waals surface area contributed by atoms with Crippen molar-refractivity contribution in [3.8, 4) is 0 Å². The van der Waals surface area contributed by atoms with Crippen molar-refractivity contribution in [3.05, 3.63) is 48.0 Å². The molecule has 0 saturated heterocycles. The molecule has 0 aliphatic carbocycles. The van der Waals surface area contributed by atoms with Crippen LogP contribution in [0.15, 0.2) is 41.6 Å². The highest BCUT2D eigenvalue weighted by atomic mass is 32.2. The number of carbonyl (C=O) groups is 1. The molecular weight excluding hydrogens is 290 g/mol. The number of aromatic nitrogens is 2. The summed E-state index contributed by atoms with van der Waals surface area (Å²) < 4.78 is 24.5. The van der Waals surface area contributed by atoms with Gasteiger partial charge in [0.15, 0.2) is 9.84 Å². The minimum absolute atomic E-state index is 0.278. The van der Waals surface area contributed by atoms with Crippen molar-refractivity contribution in [2.45, 2.75) is 24.3 Å². The summed E-state index contributed by atoms with van der Waals surface area (Å²) in [6, 6.07) is 6.14. The first-order valence-corrected chi connectivity index (χ1v) is 8.28. The van der Waals surface area contributed by atoms with Gasteiger partial charge in [-0.25, -0.2) is 13.4 Å². The standard InChI is InChI=1S/C14H17N3O3S/c1-10(14(15)18)17-8-7-16-13(17)9-11-3-5-12(6-4-11)21(2,19)20/h3-8,10H,9H2,1-2H3,(H2,15,18). The summed E-state index contributed by atoms with van der Waals surface area (Å²) in [7, 11) is -3.20. The maximum absolute atomic E-state index is 11.4. The highest BCUT2D eigenvalue weighted by Crippen LogP contribution is 2.15. The second kappa shape index (κ2) is 5.69. The number of amides is 1. The average molecular weight is 307 g/mol. The van der Waals surface area contributed by atoms with Gasteiger partial charge in [-0.1, -0.05) is 12.1 Å². The maximum Gasteiger partial charge on any atom is 0.240 e. The van der Waals surface area contributed by atoms with Crippen LogP contribution in [0.25, 0.3) is 0 Å². The van der Waals surface area contributed by atoms with E-state index in [1.165, 1.54) is 6.26 Å². The van der Waals surface area contributed by atoms with E-state index in [9.17, 15) is 13.2 Å². The Balaban J connectivity index is 2.24. The zero-order valence-corrected chi connectivity index (χ0v) is 12.7. The molecule has 1 aromatic heterocycles. The number of carbonyl (C=O) groups excluding carboxylic acids is 1. The molecule has 1 aromatic carbocycles. The van der Waals surface area contributed by atoms with Crippen LogP contribution < -0.4 is 5.73 Å². The second-order valence-electron chi connectivity index (χ2n) is 4.92. The summed E-state index contributed by atoms with van der Waals surface area (Å²) in [6.45, 7) is 1.71. The van der Waals surface area contributed by atoms with Gasteiger partial charge in [-0.05, 0) is 24.6 Å². The summed E-state index contributed by atoms with van der Waals surface area (Å²) in [5, 5.41) is 0. The molecule has 6 nitrogen and oxygen atoms in total. The molecule has 7 heteroatoms. The first kappa shape index (κ1) is 15.2. The lowest BCUT2D eigenvalue weighted by molar-refractivity contribution is -0.120. The number of imidazole rings is 1. The molecule has 1 unspecified atom stereocenters. The zero-order chi connectivity index (χ0) is 15.6. The lowest BCUT2D eigenvalue weighted by Crippen LogP contribution is -2.25. The van der Waals surface area contributed by atoms with Crippen molar-refractivity contribution in [2.24, 2.45) is 5.73 Å². The Kier molecular flexibility index (Phi) is 4.13. The van der Waals surface area contributed by atoms with Gasteiger partial charge in [0.25, 0.3) is 0 Å². The van der Waals surface area contributed by atoms with Crippen LogP contribution in [0, 0.1) is 0 Å². The lowest BCUT2D eigenvalue weighted by atomic mass is 10.1. The molecular formula is C14H17N3O3S. The molecule has 1 atom stereocenters. The van der Waals surface area contributed by atoms with Gasteiger partial charge in [-0.2, -0.15) is 0 Å². The van der Waals surface area contributed by atoms with Crippen LogP contribution in [-0.4, -0.2) is 30.1 Å². The van der Waals surface area contributed by atoms with E-state index in [4.69, 9.17) is 5.73 Å². The molecule has 0 spiro atoms. The predicted molar refractivity (Wildman–Crippen MR) is 78.5 cm³/mol. The summed E-state index contributed by atoms with van der Waals surface area (Å²) in [5.41, 5.74) is 6.21. The van der Waals surface area contributed by atoms with Gasteiger partial charge in [0.05, 0.1) is 4.90 Å². The van der Waals surface area contributed by atoms with E-state index in [1.807, 2.05) is 0 Å². The third-order valence-electron chi connectivity index (χ3n) is 3.29. The first-order valence-electron chi connectivity index (χ1n) is 6.39. The molecule has 21 heavy (non-hydrogen) atoms. The SMILES string of the molecule is CC(C(N)=O)n1ccnc1Cc1ccc(S(C)(=O)=O)cc1. The van der Waals surface area contributed by atoms with Crippen LogP contribution in [-0.2, 0) is 21.1 Å². The quantitative estimate of drug-likeness (QED) is 0.888. The Morgan fingerprint density at radius 3 is 2.48 bits per heavy atom.